The number of benzene rings is 3. The Balaban J connectivity index is 1.10. The average molecular weight is 626 g/mol. The molecule has 4 heterocycles. The zero-order chi connectivity index (χ0) is 31.0. The van der Waals surface area contributed by atoms with Crippen LogP contribution in [0.25, 0.3) is 0 Å². The first-order valence-corrected chi connectivity index (χ1v) is 15.1. The van der Waals surface area contributed by atoms with Gasteiger partial charge in [0.2, 0.25) is 11.1 Å². The smallest absolute Gasteiger partial charge is 0.352 e. The SMILES string of the molecule is O=C(Cn1nnnc1SCC1=C(C(=O)O)N2C(=O)[C@H]3NCOC1[C@H]32)NOC(c1ccccc1)(c1ccccc1)c1ccccc1. The normalized spacial score (nSPS) is 20.5. The van der Waals surface area contributed by atoms with Crippen LogP contribution >= 0.6 is 11.8 Å². The van der Waals surface area contributed by atoms with Crippen molar-refractivity contribution < 1.29 is 29.1 Å². The minimum Gasteiger partial charge on any atom is -0.477 e. The summed E-state index contributed by atoms with van der Waals surface area (Å²) in [5.41, 5.74) is 4.29. The number of tetrazole rings is 1. The molecule has 3 aliphatic heterocycles. The van der Waals surface area contributed by atoms with Crippen LogP contribution in [0.15, 0.2) is 107 Å². The summed E-state index contributed by atoms with van der Waals surface area (Å²) in [6, 6.07) is 28.0. The molecular weight excluding hydrogens is 598 g/mol. The molecule has 7 rings (SSSR count). The summed E-state index contributed by atoms with van der Waals surface area (Å²) in [5.74, 6) is -1.85. The molecule has 45 heavy (non-hydrogen) atoms. The molecule has 1 aromatic heterocycles. The summed E-state index contributed by atoms with van der Waals surface area (Å²) in [4.78, 5) is 45.7. The quantitative estimate of drug-likeness (QED) is 0.0963. The van der Waals surface area contributed by atoms with Crippen LogP contribution in [0.1, 0.15) is 16.7 Å². The fourth-order valence-corrected chi connectivity index (χ4v) is 7.07. The van der Waals surface area contributed by atoms with Gasteiger partial charge < -0.3 is 9.84 Å². The Labute approximate surface area is 261 Å². The fraction of sp³-hybridized carbons (Fsp3) is 0.226. The lowest BCUT2D eigenvalue weighted by atomic mass is 9.80. The van der Waals surface area contributed by atoms with Crippen LogP contribution in [0.4, 0.5) is 0 Å². The van der Waals surface area contributed by atoms with Gasteiger partial charge in [0.1, 0.15) is 24.4 Å². The Bertz CT molecular complexity index is 1670. The molecule has 4 aromatic rings. The number of aromatic nitrogens is 4. The van der Waals surface area contributed by atoms with Crippen molar-refractivity contribution in [2.75, 3.05) is 12.5 Å². The van der Waals surface area contributed by atoms with E-state index in [9.17, 15) is 19.5 Å². The molecule has 0 spiro atoms. The first kappa shape index (κ1) is 28.9. The summed E-state index contributed by atoms with van der Waals surface area (Å²) >= 11 is 1.15. The molecule has 0 aliphatic carbocycles. The predicted molar refractivity (Wildman–Crippen MR) is 159 cm³/mol. The number of hydroxylamine groups is 1. The molecule has 0 saturated carbocycles. The van der Waals surface area contributed by atoms with Crippen molar-refractivity contribution in [2.24, 2.45) is 0 Å². The van der Waals surface area contributed by atoms with Gasteiger partial charge in [0.05, 0.1) is 12.8 Å². The van der Waals surface area contributed by atoms with Gasteiger partial charge >= 0.3 is 5.97 Å². The minimum atomic E-state index is -1.20. The van der Waals surface area contributed by atoms with E-state index in [2.05, 4.69) is 26.3 Å². The van der Waals surface area contributed by atoms with Crippen LogP contribution in [-0.2, 0) is 36.1 Å². The fourth-order valence-electron chi connectivity index (χ4n) is 6.14. The molecule has 0 radical (unpaired) electrons. The number of β-lactam (4-membered cyclic amide) rings is 1. The van der Waals surface area contributed by atoms with E-state index < -0.39 is 35.7 Å². The number of hydrogen-bond acceptors (Lipinski definition) is 10. The molecule has 0 bridgehead atoms. The number of carboxylic acids is 1. The number of carbonyl (C=O) groups excluding carboxylic acids is 2. The number of carboxylic acid groups (broad SMARTS) is 1. The number of aliphatic carboxylic acids is 1. The van der Waals surface area contributed by atoms with Gasteiger partial charge in [0, 0.05) is 11.3 Å². The van der Waals surface area contributed by atoms with E-state index in [1.165, 1.54) is 9.58 Å². The third kappa shape index (κ3) is 4.97. The van der Waals surface area contributed by atoms with Crippen LogP contribution in [0.5, 0.6) is 0 Å². The lowest BCUT2D eigenvalue weighted by Crippen LogP contribution is -2.73. The van der Waals surface area contributed by atoms with Crippen LogP contribution in [0.3, 0.4) is 0 Å². The van der Waals surface area contributed by atoms with Crippen molar-refractivity contribution in [3.05, 3.63) is 119 Å². The summed E-state index contributed by atoms with van der Waals surface area (Å²) in [7, 11) is 0. The van der Waals surface area contributed by atoms with E-state index >= 15 is 0 Å². The van der Waals surface area contributed by atoms with Crippen LogP contribution in [0.2, 0.25) is 0 Å². The van der Waals surface area contributed by atoms with Crippen molar-refractivity contribution in [3.8, 4) is 0 Å². The van der Waals surface area contributed by atoms with Crippen molar-refractivity contribution in [2.45, 2.75) is 35.5 Å². The highest BCUT2D eigenvalue weighted by atomic mass is 32.2. The maximum atomic E-state index is 13.4. The second-order valence-corrected chi connectivity index (χ2v) is 11.5. The molecule has 228 valence electrons. The van der Waals surface area contributed by atoms with E-state index in [1.807, 2.05) is 91.0 Å². The van der Waals surface area contributed by atoms with Gasteiger partial charge in [-0.25, -0.2) is 15.0 Å². The summed E-state index contributed by atoms with van der Waals surface area (Å²) in [6.45, 7) is -0.130. The summed E-state index contributed by atoms with van der Waals surface area (Å²) in [5, 5.41) is 24.9. The summed E-state index contributed by atoms with van der Waals surface area (Å²) in [6.07, 6.45) is -0.546. The molecule has 3 aliphatic rings. The molecule has 13 nitrogen and oxygen atoms in total. The van der Waals surface area contributed by atoms with Gasteiger partial charge in [0.15, 0.2) is 5.60 Å². The molecule has 2 fully saturated rings. The Hall–Kier alpha value is -4.89. The van der Waals surface area contributed by atoms with Crippen molar-refractivity contribution in [3.63, 3.8) is 0 Å². The number of nitrogens with zero attached hydrogens (tertiary/aromatic N) is 5. The van der Waals surface area contributed by atoms with E-state index in [0.717, 1.165) is 28.5 Å². The zero-order valence-electron chi connectivity index (χ0n) is 23.6. The Morgan fingerprint density at radius 2 is 1.60 bits per heavy atom. The van der Waals surface area contributed by atoms with Crippen molar-refractivity contribution in [1.82, 2.24) is 35.9 Å². The lowest BCUT2D eigenvalue weighted by Gasteiger charge is -2.48. The Kier molecular flexibility index (Phi) is 7.63. The number of hydrogen-bond donors (Lipinski definition) is 3. The number of thioether (sulfide) groups is 1. The maximum Gasteiger partial charge on any atom is 0.352 e. The topological polar surface area (TPSA) is 161 Å². The monoisotopic (exact) mass is 625 g/mol. The largest absolute Gasteiger partial charge is 0.477 e. The molecule has 3 aromatic carbocycles. The van der Waals surface area contributed by atoms with E-state index in [1.54, 1.807) is 0 Å². The highest BCUT2D eigenvalue weighted by molar-refractivity contribution is 7.99. The van der Waals surface area contributed by atoms with Gasteiger partial charge in [-0.15, -0.1) is 5.10 Å². The van der Waals surface area contributed by atoms with Crippen molar-refractivity contribution in [1.29, 1.82) is 0 Å². The first-order chi connectivity index (χ1) is 22.0. The highest BCUT2D eigenvalue weighted by Gasteiger charge is 2.62. The molecular formula is C31H27N7O6S. The number of rotatable bonds is 11. The third-order valence-electron chi connectivity index (χ3n) is 8.12. The molecule has 1 unspecified atom stereocenters. The molecule has 3 N–H and O–H groups in total. The molecule has 14 heteroatoms. The Morgan fingerprint density at radius 3 is 2.18 bits per heavy atom. The van der Waals surface area contributed by atoms with Gasteiger partial charge in [-0.3, -0.25) is 24.6 Å². The van der Waals surface area contributed by atoms with Gasteiger partial charge in [-0.05, 0) is 27.1 Å². The van der Waals surface area contributed by atoms with E-state index in [-0.39, 0.29) is 35.8 Å². The number of nitrogens with one attached hydrogen (secondary N) is 2. The number of ether oxygens (including phenoxy) is 1. The molecule has 3 atom stereocenters. The zero-order valence-corrected chi connectivity index (χ0v) is 24.5. The van der Waals surface area contributed by atoms with Gasteiger partial charge in [-0.2, -0.15) is 0 Å². The van der Waals surface area contributed by atoms with Crippen LogP contribution in [-0.4, -0.2) is 78.7 Å². The third-order valence-corrected chi connectivity index (χ3v) is 9.12. The van der Waals surface area contributed by atoms with E-state index in [0.29, 0.717) is 5.57 Å². The van der Waals surface area contributed by atoms with Gasteiger partial charge in [-0.1, -0.05) is 103 Å². The summed E-state index contributed by atoms with van der Waals surface area (Å²) < 4.78 is 7.11. The number of carbonyl (C=O) groups is 3. The second-order valence-electron chi connectivity index (χ2n) is 10.6. The maximum absolute atomic E-state index is 13.4. The van der Waals surface area contributed by atoms with Crippen molar-refractivity contribution >= 4 is 29.5 Å². The number of amides is 2. The minimum absolute atomic E-state index is 0.0771. The second kappa shape index (κ2) is 11.9. The predicted octanol–water partition coefficient (Wildman–Crippen LogP) is 1.68. The van der Waals surface area contributed by atoms with Crippen LogP contribution < -0.4 is 10.8 Å². The van der Waals surface area contributed by atoms with Crippen LogP contribution in [0, 0.1) is 0 Å². The van der Waals surface area contributed by atoms with Gasteiger partial charge in [0.25, 0.3) is 5.91 Å². The molecule has 2 amide bonds. The van der Waals surface area contributed by atoms with E-state index in [4.69, 9.17) is 9.57 Å². The Morgan fingerprint density at radius 1 is 1.00 bits per heavy atom. The lowest BCUT2D eigenvalue weighted by molar-refractivity contribution is -0.163. The first-order valence-electron chi connectivity index (χ1n) is 14.2. The standard InChI is InChI=1S/C31H27N7O6S/c39-23(34-44-31(19-10-4-1-5-11-19,20-12-6-2-7-13-20)21-14-8-3-9-15-21)16-37-30(33-35-36-37)45-17-22-25(29(41)42)38-26-24(28(38)40)32-18-43-27(22)26/h1-15,24,26-27,32H,16-18H2,(H,34,39)(H,41,42)/t24-,26-,27?/m0/s1. The average Bonchev–Trinajstić information content (AvgIpc) is 3.66. The highest BCUT2D eigenvalue weighted by Crippen LogP contribution is 2.44. The molecule has 2 saturated heterocycles.